The van der Waals surface area contributed by atoms with Crippen molar-refractivity contribution in [2.24, 2.45) is 0 Å². The van der Waals surface area contributed by atoms with Gasteiger partial charge in [0.05, 0.1) is 5.02 Å². The first-order valence-corrected chi connectivity index (χ1v) is 5.89. The number of carbonyl (C=O) groups is 1. The molecule has 6 heteroatoms. The van der Waals surface area contributed by atoms with Gasteiger partial charge in [-0.05, 0) is 19.1 Å². The highest BCUT2D eigenvalue weighted by molar-refractivity contribution is 6.35. The van der Waals surface area contributed by atoms with Gasteiger partial charge in [-0.3, -0.25) is 10.1 Å². The molecule has 1 aromatic carbocycles. The van der Waals surface area contributed by atoms with Crippen LogP contribution in [0.4, 0.5) is 4.39 Å². The molecule has 0 aliphatic carbocycles. The zero-order valence-electron chi connectivity index (χ0n) is 9.11. The fraction of sp³-hybridized carbons (Fsp3) is 0.364. The number of benzene rings is 1. The van der Waals surface area contributed by atoms with Gasteiger partial charge in [-0.25, -0.2) is 4.39 Å². The van der Waals surface area contributed by atoms with Crippen LogP contribution in [0.1, 0.15) is 12.5 Å². The minimum absolute atomic E-state index is 0.0569. The molecule has 92 valence electrons. The fourth-order valence-electron chi connectivity index (χ4n) is 1.87. The van der Waals surface area contributed by atoms with Crippen molar-refractivity contribution >= 4 is 29.1 Å². The summed E-state index contributed by atoms with van der Waals surface area (Å²) in [5, 5.41) is 5.97. The topological polar surface area (TPSA) is 41.1 Å². The van der Waals surface area contributed by atoms with Crippen molar-refractivity contribution in [2.45, 2.75) is 12.5 Å². The third-order valence-electron chi connectivity index (χ3n) is 2.89. The van der Waals surface area contributed by atoms with Crippen molar-refractivity contribution in [3.05, 3.63) is 33.6 Å². The number of carbonyl (C=O) groups excluding carboxylic acids is 1. The maximum Gasteiger partial charge on any atom is 0.244 e. The molecule has 1 aliphatic rings. The third-order valence-corrected chi connectivity index (χ3v) is 3.49. The minimum atomic E-state index is -1.03. The maximum atomic E-state index is 13.5. The molecule has 2 N–H and O–H groups in total. The zero-order chi connectivity index (χ0) is 12.6. The van der Waals surface area contributed by atoms with E-state index in [2.05, 4.69) is 10.6 Å². The summed E-state index contributed by atoms with van der Waals surface area (Å²) in [6.07, 6.45) is 0. The Bertz CT molecular complexity index is 481. The highest BCUT2D eigenvalue weighted by Gasteiger charge is 2.39. The number of hydrogen-bond donors (Lipinski definition) is 2. The van der Waals surface area contributed by atoms with Crippen molar-refractivity contribution in [1.82, 2.24) is 10.6 Å². The molecule has 1 fully saturated rings. The van der Waals surface area contributed by atoms with E-state index >= 15 is 0 Å². The summed E-state index contributed by atoms with van der Waals surface area (Å²) in [7, 11) is 0. The SMILES string of the molecule is CC1(c2cc(F)c(Cl)cc2Cl)NCCNC1=O. The Morgan fingerprint density at radius 3 is 2.65 bits per heavy atom. The van der Waals surface area contributed by atoms with E-state index in [9.17, 15) is 9.18 Å². The van der Waals surface area contributed by atoms with Crippen LogP contribution in [-0.4, -0.2) is 19.0 Å². The van der Waals surface area contributed by atoms with Crippen LogP contribution in [0.25, 0.3) is 0 Å². The van der Waals surface area contributed by atoms with Gasteiger partial charge in [0.2, 0.25) is 5.91 Å². The van der Waals surface area contributed by atoms with Crippen molar-refractivity contribution in [1.29, 1.82) is 0 Å². The molecule has 1 aliphatic heterocycles. The molecule has 1 amide bonds. The summed E-state index contributed by atoms with van der Waals surface area (Å²) in [4.78, 5) is 11.9. The van der Waals surface area contributed by atoms with E-state index in [1.165, 1.54) is 12.1 Å². The number of piperazine rings is 1. The average molecular weight is 277 g/mol. The summed E-state index contributed by atoms with van der Waals surface area (Å²) in [6, 6.07) is 2.51. The Balaban J connectivity index is 2.52. The van der Waals surface area contributed by atoms with E-state index < -0.39 is 11.4 Å². The molecule has 0 radical (unpaired) electrons. The van der Waals surface area contributed by atoms with Gasteiger partial charge in [-0.2, -0.15) is 0 Å². The first-order valence-electron chi connectivity index (χ1n) is 5.13. The molecule has 1 aromatic rings. The second-order valence-electron chi connectivity index (χ2n) is 4.05. The molecule has 0 bridgehead atoms. The average Bonchev–Trinajstić information content (AvgIpc) is 2.27. The van der Waals surface area contributed by atoms with E-state index in [1.54, 1.807) is 6.92 Å². The lowest BCUT2D eigenvalue weighted by Crippen LogP contribution is -2.59. The van der Waals surface area contributed by atoms with Crippen LogP contribution in [0.3, 0.4) is 0 Å². The molecule has 3 nitrogen and oxygen atoms in total. The molecule has 1 unspecified atom stereocenters. The Morgan fingerprint density at radius 2 is 2.00 bits per heavy atom. The van der Waals surface area contributed by atoms with Gasteiger partial charge < -0.3 is 5.32 Å². The van der Waals surface area contributed by atoms with Gasteiger partial charge in [-0.15, -0.1) is 0 Å². The molecule has 1 atom stereocenters. The number of amides is 1. The minimum Gasteiger partial charge on any atom is -0.353 e. The quantitative estimate of drug-likeness (QED) is 0.771. The van der Waals surface area contributed by atoms with Gasteiger partial charge in [0, 0.05) is 23.7 Å². The summed E-state index contributed by atoms with van der Waals surface area (Å²) in [5.41, 5.74) is -0.640. The monoisotopic (exact) mass is 276 g/mol. The van der Waals surface area contributed by atoms with Crippen LogP contribution >= 0.6 is 23.2 Å². The van der Waals surface area contributed by atoms with Crippen LogP contribution < -0.4 is 10.6 Å². The summed E-state index contributed by atoms with van der Waals surface area (Å²) in [6.45, 7) is 2.81. The van der Waals surface area contributed by atoms with Gasteiger partial charge in [0.25, 0.3) is 0 Å². The zero-order valence-corrected chi connectivity index (χ0v) is 10.6. The van der Waals surface area contributed by atoms with E-state index in [0.717, 1.165) is 0 Å². The Morgan fingerprint density at radius 1 is 1.29 bits per heavy atom. The van der Waals surface area contributed by atoms with Crippen LogP contribution in [0.15, 0.2) is 12.1 Å². The van der Waals surface area contributed by atoms with Gasteiger partial charge >= 0.3 is 0 Å². The van der Waals surface area contributed by atoms with E-state index in [4.69, 9.17) is 23.2 Å². The molecule has 17 heavy (non-hydrogen) atoms. The Hall–Kier alpha value is -0.840. The predicted molar refractivity (Wildman–Crippen MR) is 64.8 cm³/mol. The number of nitrogens with one attached hydrogen (secondary N) is 2. The third kappa shape index (κ3) is 2.12. The second-order valence-corrected chi connectivity index (χ2v) is 4.87. The largest absolute Gasteiger partial charge is 0.353 e. The van der Waals surface area contributed by atoms with Gasteiger partial charge in [0.15, 0.2) is 0 Å². The first-order chi connectivity index (χ1) is 7.95. The highest BCUT2D eigenvalue weighted by Crippen LogP contribution is 2.33. The second kappa shape index (κ2) is 4.44. The molecule has 0 aromatic heterocycles. The molecule has 1 saturated heterocycles. The Kier molecular flexibility index (Phi) is 3.30. The lowest BCUT2D eigenvalue weighted by Gasteiger charge is -2.34. The predicted octanol–water partition coefficient (Wildman–Crippen LogP) is 2.07. The van der Waals surface area contributed by atoms with Crippen LogP contribution in [0.5, 0.6) is 0 Å². The molecule has 0 saturated carbocycles. The van der Waals surface area contributed by atoms with E-state index in [1.807, 2.05) is 0 Å². The van der Waals surface area contributed by atoms with Gasteiger partial charge in [-0.1, -0.05) is 23.2 Å². The summed E-state index contributed by atoms with van der Waals surface area (Å²) in [5.74, 6) is -0.820. The number of hydrogen-bond acceptors (Lipinski definition) is 2. The number of halogens is 3. The molecule has 1 heterocycles. The van der Waals surface area contributed by atoms with Crippen molar-refractivity contribution < 1.29 is 9.18 Å². The first kappa shape index (κ1) is 12.6. The lowest BCUT2D eigenvalue weighted by atomic mass is 9.89. The lowest BCUT2D eigenvalue weighted by molar-refractivity contribution is -0.128. The summed E-state index contributed by atoms with van der Waals surface area (Å²) >= 11 is 11.6. The van der Waals surface area contributed by atoms with Crippen molar-refractivity contribution in [3.8, 4) is 0 Å². The fourth-order valence-corrected chi connectivity index (χ4v) is 2.44. The normalized spacial score (nSPS) is 24.6. The standard InChI is InChI=1S/C11H11Cl2FN2O/c1-11(10(17)15-2-3-16-11)6-4-9(14)8(13)5-7(6)12/h4-5,16H,2-3H2,1H3,(H,15,17). The molecular formula is C11H11Cl2FN2O. The van der Waals surface area contributed by atoms with Crippen LogP contribution in [-0.2, 0) is 10.3 Å². The molecule has 2 rings (SSSR count). The highest BCUT2D eigenvalue weighted by atomic mass is 35.5. The molecule has 0 spiro atoms. The molecular weight excluding hydrogens is 266 g/mol. The van der Waals surface area contributed by atoms with Crippen LogP contribution in [0.2, 0.25) is 10.0 Å². The van der Waals surface area contributed by atoms with Crippen LogP contribution in [0, 0.1) is 5.82 Å². The van der Waals surface area contributed by atoms with Crippen molar-refractivity contribution in [2.75, 3.05) is 13.1 Å². The van der Waals surface area contributed by atoms with E-state index in [-0.39, 0.29) is 16.0 Å². The number of rotatable bonds is 1. The maximum absolute atomic E-state index is 13.5. The van der Waals surface area contributed by atoms with E-state index in [0.29, 0.717) is 18.7 Å². The smallest absolute Gasteiger partial charge is 0.244 e. The van der Waals surface area contributed by atoms with Crippen molar-refractivity contribution in [3.63, 3.8) is 0 Å². The summed E-state index contributed by atoms with van der Waals surface area (Å²) < 4.78 is 13.5. The van der Waals surface area contributed by atoms with Gasteiger partial charge in [0.1, 0.15) is 11.4 Å². The Labute approximate surface area is 108 Å².